The fraction of sp³-hybridized carbons (Fsp3) is 0.429. The first kappa shape index (κ1) is 12.3. The van der Waals surface area contributed by atoms with Crippen molar-refractivity contribution in [2.24, 2.45) is 0 Å². The van der Waals surface area contributed by atoms with E-state index in [4.69, 9.17) is 4.52 Å². The molecule has 5 heteroatoms. The number of hydrogen-bond donors (Lipinski definition) is 1. The number of likely N-dealkylation sites (tertiary alicyclic amines) is 1. The molecule has 1 unspecified atom stereocenters. The second kappa shape index (κ2) is 5.50. The van der Waals surface area contributed by atoms with Crippen molar-refractivity contribution in [3.05, 3.63) is 36.2 Å². The van der Waals surface area contributed by atoms with E-state index in [1.54, 1.807) is 0 Å². The smallest absolute Gasteiger partial charge is 0.241 e. The Hall–Kier alpha value is -1.72. The molecule has 1 aliphatic heterocycles. The molecule has 2 heterocycles. The Bertz CT molecular complexity index is 526. The Kier molecular flexibility index (Phi) is 3.57. The van der Waals surface area contributed by atoms with Crippen molar-refractivity contribution >= 4 is 0 Å². The van der Waals surface area contributed by atoms with Gasteiger partial charge in [-0.25, -0.2) is 0 Å². The van der Waals surface area contributed by atoms with Gasteiger partial charge < -0.3 is 9.63 Å². The highest BCUT2D eigenvalue weighted by Gasteiger charge is 2.20. The van der Waals surface area contributed by atoms with Crippen LogP contribution in [0.25, 0.3) is 11.4 Å². The largest absolute Gasteiger partial charge is 0.392 e. The number of nitrogens with zero attached hydrogens (tertiary/aromatic N) is 3. The fourth-order valence-corrected chi connectivity index (χ4v) is 2.39. The Balaban J connectivity index is 1.68. The minimum atomic E-state index is -0.231. The Morgan fingerprint density at radius 1 is 1.32 bits per heavy atom. The van der Waals surface area contributed by atoms with E-state index >= 15 is 0 Å². The molecule has 0 saturated carbocycles. The summed E-state index contributed by atoms with van der Waals surface area (Å²) >= 11 is 0. The first-order chi connectivity index (χ1) is 9.31. The van der Waals surface area contributed by atoms with Crippen molar-refractivity contribution in [2.45, 2.75) is 25.5 Å². The predicted molar refractivity (Wildman–Crippen MR) is 70.3 cm³/mol. The lowest BCUT2D eigenvalue weighted by Gasteiger charge is -2.28. The summed E-state index contributed by atoms with van der Waals surface area (Å²) in [6.07, 6.45) is 1.67. The van der Waals surface area contributed by atoms with Gasteiger partial charge >= 0.3 is 0 Å². The Morgan fingerprint density at radius 2 is 2.16 bits per heavy atom. The average Bonchev–Trinajstić information content (AvgIpc) is 2.88. The summed E-state index contributed by atoms with van der Waals surface area (Å²) < 4.78 is 5.27. The van der Waals surface area contributed by atoms with Crippen LogP contribution >= 0.6 is 0 Å². The monoisotopic (exact) mass is 259 g/mol. The van der Waals surface area contributed by atoms with Crippen LogP contribution in [0.1, 0.15) is 18.7 Å². The first-order valence-corrected chi connectivity index (χ1v) is 6.60. The van der Waals surface area contributed by atoms with Crippen molar-refractivity contribution in [1.82, 2.24) is 15.0 Å². The molecule has 100 valence electrons. The van der Waals surface area contributed by atoms with Crippen molar-refractivity contribution in [3.8, 4) is 11.4 Å². The number of aromatic nitrogens is 2. The van der Waals surface area contributed by atoms with Gasteiger partial charge in [0.05, 0.1) is 12.6 Å². The van der Waals surface area contributed by atoms with E-state index in [-0.39, 0.29) is 6.10 Å². The van der Waals surface area contributed by atoms with Crippen LogP contribution in [-0.2, 0) is 6.54 Å². The highest BCUT2D eigenvalue weighted by molar-refractivity contribution is 5.53. The number of β-amino-alcohol motifs (C(OH)–C–C–N with tert-alkyl or cyclic N) is 1. The average molecular weight is 259 g/mol. The van der Waals surface area contributed by atoms with Crippen LogP contribution in [0.3, 0.4) is 0 Å². The molecule has 1 fully saturated rings. The van der Waals surface area contributed by atoms with E-state index in [1.165, 1.54) is 0 Å². The van der Waals surface area contributed by atoms with Gasteiger partial charge in [-0.3, -0.25) is 4.90 Å². The van der Waals surface area contributed by atoms with Gasteiger partial charge in [0.2, 0.25) is 11.7 Å². The van der Waals surface area contributed by atoms with Gasteiger partial charge in [-0.1, -0.05) is 35.5 Å². The van der Waals surface area contributed by atoms with Gasteiger partial charge in [0.1, 0.15) is 0 Å². The molecule has 0 radical (unpaired) electrons. The molecule has 5 nitrogen and oxygen atoms in total. The quantitative estimate of drug-likeness (QED) is 0.909. The topological polar surface area (TPSA) is 62.4 Å². The second-order valence-corrected chi connectivity index (χ2v) is 4.91. The highest BCUT2D eigenvalue weighted by atomic mass is 16.5. The molecule has 1 aliphatic rings. The maximum absolute atomic E-state index is 9.63. The summed E-state index contributed by atoms with van der Waals surface area (Å²) in [5, 5.41) is 13.6. The van der Waals surface area contributed by atoms with Crippen molar-refractivity contribution in [1.29, 1.82) is 0 Å². The van der Waals surface area contributed by atoms with Crippen LogP contribution < -0.4 is 0 Å². The van der Waals surface area contributed by atoms with Crippen molar-refractivity contribution < 1.29 is 9.63 Å². The highest BCUT2D eigenvalue weighted by Crippen LogP contribution is 2.17. The van der Waals surface area contributed by atoms with Crippen LogP contribution in [-0.4, -0.2) is 39.3 Å². The molecule has 1 N–H and O–H groups in total. The van der Waals surface area contributed by atoms with E-state index in [0.717, 1.165) is 24.9 Å². The Morgan fingerprint density at radius 3 is 2.95 bits per heavy atom. The van der Waals surface area contributed by atoms with Gasteiger partial charge in [0, 0.05) is 12.1 Å². The first-order valence-electron chi connectivity index (χ1n) is 6.60. The third kappa shape index (κ3) is 3.00. The molecule has 1 atom stereocenters. The van der Waals surface area contributed by atoms with Gasteiger partial charge in [-0.15, -0.1) is 0 Å². The van der Waals surface area contributed by atoms with Crippen LogP contribution in [0.4, 0.5) is 0 Å². The lowest BCUT2D eigenvalue weighted by Crippen LogP contribution is -2.37. The zero-order valence-electron chi connectivity index (χ0n) is 10.7. The number of piperidine rings is 1. The molecule has 0 bridgehead atoms. The number of aliphatic hydroxyl groups is 1. The Labute approximate surface area is 111 Å². The maximum Gasteiger partial charge on any atom is 0.241 e. The minimum Gasteiger partial charge on any atom is -0.392 e. The summed E-state index contributed by atoms with van der Waals surface area (Å²) in [5.41, 5.74) is 0.955. The molecule has 0 amide bonds. The van der Waals surface area contributed by atoms with Crippen LogP contribution in [0.15, 0.2) is 34.9 Å². The van der Waals surface area contributed by atoms with Crippen molar-refractivity contribution in [3.63, 3.8) is 0 Å². The summed E-state index contributed by atoms with van der Waals surface area (Å²) in [4.78, 5) is 6.55. The van der Waals surface area contributed by atoms with E-state index in [1.807, 2.05) is 30.3 Å². The van der Waals surface area contributed by atoms with Crippen LogP contribution in [0.2, 0.25) is 0 Å². The van der Waals surface area contributed by atoms with Gasteiger partial charge in [0.15, 0.2) is 0 Å². The summed E-state index contributed by atoms with van der Waals surface area (Å²) in [5.74, 6) is 1.22. The zero-order valence-corrected chi connectivity index (χ0v) is 10.7. The zero-order chi connectivity index (χ0) is 13.1. The number of aliphatic hydroxyl groups excluding tert-OH is 1. The summed E-state index contributed by atoms with van der Waals surface area (Å²) in [6, 6.07) is 9.77. The maximum atomic E-state index is 9.63. The van der Waals surface area contributed by atoms with Crippen LogP contribution in [0.5, 0.6) is 0 Å². The third-order valence-electron chi connectivity index (χ3n) is 3.34. The minimum absolute atomic E-state index is 0.231. The van der Waals surface area contributed by atoms with Gasteiger partial charge in [0.25, 0.3) is 0 Å². The molecule has 2 aromatic rings. The van der Waals surface area contributed by atoms with E-state index in [2.05, 4.69) is 15.0 Å². The molecule has 0 aliphatic carbocycles. The molecule has 0 spiro atoms. The van der Waals surface area contributed by atoms with E-state index < -0.39 is 0 Å². The fourth-order valence-electron chi connectivity index (χ4n) is 2.39. The number of rotatable bonds is 3. The van der Waals surface area contributed by atoms with Crippen molar-refractivity contribution in [2.75, 3.05) is 13.1 Å². The number of benzene rings is 1. The molecule has 1 aromatic heterocycles. The summed E-state index contributed by atoms with van der Waals surface area (Å²) in [6.45, 7) is 2.26. The molecule has 1 aromatic carbocycles. The third-order valence-corrected chi connectivity index (χ3v) is 3.34. The molecular weight excluding hydrogens is 242 g/mol. The molecular formula is C14H17N3O2. The van der Waals surface area contributed by atoms with Gasteiger partial charge in [-0.2, -0.15) is 4.98 Å². The van der Waals surface area contributed by atoms with Gasteiger partial charge in [-0.05, 0) is 19.4 Å². The molecule has 3 rings (SSSR count). The van der Waals surface area contributed by atoms with E-state index in [9.17, 15) is 5.11 Å². The normalized spacial score (nSPS) is 20.6. The SMILES string of the molecule is OC1CCCN(Cc2nc(-c3ccccc3)no2)C1. The molecule has 1 saturated heterocycles. The summed E-state index contributed by atoms with van der Waals surface area (Å²) in [7, 11) is 0. The van der Waals surface area contributed by atoms with E-state index in [0.29, 0.717) is 24.8 Å². The lowest BCUT2D eigenvalue weighted by molar-refractivity contribution is 0.0613. The predicted octanol–water partition coefficient (Wildman–Crippen LogP) is 1.69. The lowest BCUT2D eigenvalue weighted by atomic mass is 10.1. The standard InChI is InChI=1S/C14H17N3O2/c18-12-7-4-8-17(9-12)10-13-15-14(16-19-13)11-5-2-1-3-6-11/h1-3,5-6,12,18H,4,7-10H2. The second-order valence-electron chi connectivity index (χ2n) is 4.91. The molecule has 19 heavy (non-hydrogen) atoms. The number of hydrogen-bond acceptors (Lipinski definition) is 5. The van der Waals surface area contributed by atoms with Crippen LogP contribution in [0, 0.1) is 0 Å².